The molecular weight excluding hydrogens is 313 g/mol. The van der Waals surface area contributed by atoms with E-state index in [4.69, 9.17) is 9.47 Å². The molecule has 134 valence electrons. The van der Waals surface area contributed by atoms with Crippen molar-refractivity contribution < 1.29 is 23.5 Å². The highest BCUT2D eigenvalue weighted by Gasteiger charge is 2.17. The second-order valence-corrected chi connectivity index (χ2v) is 5.63. The Morgan fingerprint density at radius 3 is 2.42 bits per heavy atom. The van der Waals surface area contributed by atoms with Crippen LogP contribution in [-0.2, 0) is 14.3 Å². The van der Waals surface area contributed by atoms with Crippen molar-refractivity contribution in [2.45, 2.75) is 39.7 Å². The lowest BCUT2D eigenvalue weighted by molar-refractivity contribution is -0.143. The van der Waals surface area contributed by atoms with Crippen molar-refractivity contribution >= 4 is 11.9 Å². The van der Waals surface area contributed by atoms with E-state index in [1.54, 1.807) is 11.8 Å². The molecule has 0 radical (unpaired) electrons. The number of halogens is 1. The summed E-state index contributed by atoms with van der Waals surface area (Å²) >= 11 is 0. The molecule has 0 saturated carbocycles. The second kappa shape index (κ2) is 10.8. The van der Waals surface area contributed by atoms with E-state index in [9.17, 15) is 14.0 Å². The van der Waals surface area contributed by atoms with Crippen molar-refractivity contribution in [1.82, 2.24) is 4.90 Å². The number of amides is 1. The molecular formula is C18H26FNO4. The van der Waals surface area contributed by atoms with Crippen LogP contribution in [0.1, 0.15) is 44.0 Å². The first-order valence-corrected chi connectivity index (χ1v) is 8.26. The molecule has 5 nitrogen and oxygen atoms in total. The summed E-state index contributed by atoms with van der Waals surface area (Å²) in [5.41, 5.74) is 0.394. The Morgan fingerprint density at radius 1 is 1.17 bits per heavy atom. The summed E-state index contributed by atoms with van der Waals surface area (Å²) in [5.74, 6) is -0.966. The third kappa shape index (κ3) is 7.55. The van der Waals surface area contributed by atoms with Crippen molar-refractivity contribution in [3.8, 4) is 0 Å². The van der Waals surface area contributed by atoms with Gasteiger partial charge in [0.2, 0.25) is 0 Å². The minimum Gasteiger partial charge on any atom is -0.466 e. The molecule has 0 aromatic heterocycles. The van der Waals surface area contributed by atoms with Gasteiger partial charge >= 0.3 is 5.97 Å². The molecule has 6 heteroatoms. The van der Waals surface area contributed by atoms with Gasteiger partial charge in [0, 0.05) is 25.3 Å². The molecule has 24 heavy (non-hydrogen) atoms. The van der Waals surface area contributed by atoms with Crippen LogP contribution >= 0.6 is 0 Å². The maximum Gasteiger partial charge on any atom is 0.307 e. The average molecular weight is 339 g/mol. The quantitative estimate of drug-likeness (QED) is 0.486. The third-order valence-electron chi connectivity index (χ3n) is 3.29. The Balaban J connectivity index is 2.65. The molecule has 0 aliphatic carbocycles. The highest BCUT2D eigenvalue weighted by Crippen LogP contribution is 2.09. The number of esters is 1. The molecule has 0 atom stereocenters. The van der Waals surface area contributed by atoms with Gasteiger partial charge in [0.1, 0.15) is 5.82 Å². The van der Waals surface area contributed by atoms with Gasteiger partial charge in [-0.3, -0.25) is 9.59 Å². The van der Waals surface area contributed by atoms with E-state index in [-0.39, 0.29) is 30.9 Å². The van der Waals surface area contributed by atoms with E-state index in [2.05, 4.69) is 0 Å². The summed E-state index contributed by atoms with van der Waals surface area (Å²) in [6, 6.07) is 5.39. The first-order chi connectivity index (χ1) is 11.4. The van der Waals surface area contributed by atoms with Gasteiger partial charge in [0.25, 0.3) is 5.91 Å². The van der Waals surface area contributed by atoms with Crippen molar-refractivity contribution in [2.24, 2.45) is 0 Å². The molecule has 0 aliphatic heterocycles. The zero-order valence-corrected chi connectivity index (χ0v) is 14.6. The number of benzene rings is 1. The molecule has 1 amide bonds. The lowest BCUT2D eigenvalue weighted by Gasteiger charge is -2.23. The van der Waals surface area contributed by atoms with Crippen LogP contribution in [0.4, 0.5) is 4.39 Å². The number of rotatable bonds is 10. The van der Waals surface area contributed by atoms with Crippen LogP contribution in [0, 0.1) is 5.82 Å². The number of hydrogen-bond donors (Lipinski definition) is 0. The molecule has 1 aromatic rings. The predicted molar refractivity (Wildman–Crippen MR) is 89.3 cm³/mol. The molecule has 0 spiro atoms. The summed E-state index contributed by atoms with van der Waals surface area (Å²) < 4.78 is 23.4. The maximum atomic E-state index is 13.0. The zero-order valence-electron chi connectivity index (χ0n) is 14.6. The fourth-order valence-corrected chi connectivity index (χ4v) is 2.12. The molecule has 0 heterocycles. The molecule has 0 N–H and O–H groups in total. The van der Waals surface area contributed by atoms with Gasteiger partial charge in [-0.1, -0.05) is 0 Å². The summed E-state index contributed by atoms with van der Waals surface area (Å²) in [4.78, 5) is 25.7. The zero-order chi connectivity index (χ0) is 17.9. The largest absolute Gasteiger partial charge is 0.466 e. The molecule has 0 unspecified atom stereocenters. The van der Waals surface area contributed by atoms with E-state index in [0.29, 0.717) is 31.7 Å². The smallest absolute Gasteiger partial charge is 0.307 e. The van der Waals surface area contributed by atoms with Gasteiger partial charge in [0.05, 0.1) is 19.1 Å². The van der Waals surface area contributed by atoms with E-state index >= 15 is 0 Å². The summed E-state index contributed by atoms with van der Waals surface area (Å²) in [5, 5.41) is 0. The Hall–Kier alpha value is -1.95. The molecule has 1 rings (SSSR count). The average Bonchev–Trinajstić information content (AvgIpc) is 2.54. The minimum atomic E-state index is -0.394. The lowest BCUT2D eigenvalue weighted by Crippen LogP contribution is -2.34. The highest BCUT2D eigenvalue weighted by atomic mass is 19.1. The number of nitrogens with zero attached hydrogens (tertiary/aromatic N) is 1. The summed E-state index contributed by atoms with van der Waals surface area (Å²) in [7, 11) is 0. The van der Waals surface area contributed by atoms with Gasteiger partial charge in [0.15, 0.2) is 0 Å². The van der Waals surface area contributed by atoms with Crippen LogP contribution in [-0.4, -0.2) is 49.2 Å². The Labute approximate surface area is 142 Å². The van der Waals surface area contributed by atoms with Crippen LogP contribution in [0.15, 0.2) is 24.3 Å². The van der Waals surface area contributed by atoms with Crippen molar-refractivity contribution in [3.63, 3.8) is 0 Å². The maximum absolute atomic E-state index is 13.0. The standard InChI is InChI=1S/C18H26FNO4/c1-4-23-17(21)10-12-20(11-5-13-24-14(2)3)18(22)15-6-8-16(19)9-7-15/h6-9,14H,4-5,10-13H2,1-3H3. The fraction of sp³-hybridized carbons (Fsp3) is 0.556. The SMILES string of the molecule is CCOC(=O)CCN(CCCOC(C)C)C(=O)c1ccc(F)cc1. The number of hydrogen-bond acceptors (Lipinski definition) is 4. The monoisotopic (exact) mass is 339 g/mol. The number of carbonyl (C=O) groups is 2. The van der Waals surface area contributed by atoms with Gasteiger partial charge in [-0.25, -0.2) is 4.39 Å². The molecule has 0 saturated heterocycles. The molecule has 0 bridgehead atoms. The first kappa shape index (κ1) is 20.1. The normalized spacial score (nSPS) is 10.7. The van der Waals surface area contributed by atoms with Gasteiger partial charge in [-0.2, -0.15) is 0 Å². The number of carbonyl (C=O) groups excluding carboxylic acids is 2. The van der Waals surface area contributed by atoms with Crippen molar-refractivity contribution in [3.05, 3.63) is 35.6 Å². The minimum absolute atomic E-state index is 0.130. The van der Waals surface area contributed by atoms with Gasteiger partial charge in [-0.05, 0) is 51.5 Å². The van der Waals surface area contributed by atoms with E-state index in [0.717, 1.165) is 0 Å². The second-order valence-electron chi connectivity index (χ2n) is 5.63. The van der Waals surface area contributed by atoms with Crippen molar-refractivity contribution in [1.29, 1.82) is 0 Å². The Kier molecular flexibility index (Phi) is 9.01. The Morgan fingerprint density at radius 2 is 1.83 bits per heavy atom. The number of ether oxygens (including phenoxy) is 2. The van der Waals surface area contributed by atoms with Crippen LogP contribution < -0.4 is 0 Å². The van der Waals surface area contributed by atoms with Crippen LogP contribution in [0.25, 0.3) is 0 Å². The van der Waals surface area contributed by atoms with Gasteiger partial charge < -0.3 is 14.4 Å². The predicted octanol–water partition coefficient (Wildman–Crippen LogP) is 3.04. The fourth-order valence-electron chi connectivity index (χ4n) is 2.12. The highest BCUT2D eigenvalue weighted by molar-refractivity contribution is 5.94. The molecule has 0 aliphatic rings. The molecule has 0 fully saturated rings. The van der Waals surface area contributed by atoms with E-state index in [1.165, 1.54) is 24.3 Å². The summed E-state index contributed by atoms with van der Waals surface area (Å²) in [6.45, 7) is 7.20. The van der Waals surface area contributed by atoms with Gasteiger partial charge in [-0.15, -0.1) is 0 Å². The molecule has 1 aromatic carbocycles. The van der Waals surface area contributed by atoms with E-state index in [1.807, 2.05) is 13.8 Å². The van der Waals surface area contributed by atoms with E-state index < -0.39 is 5.82 Å². The first-order valence-electron chi connectivity index (χ1n) is 8.26. The summed E-state index contributed by atoms with van der Waals surface area (Å²) in [6.07, 6.45) is 0.922. The van der Waals surface area contributed by atoms with Crippen LogP contribution in [0.2, 0.25) is 0 Å². The van der Waals surface area contributed by atoms with Crippen molar-refractivity contribution in [2.75, 3.05) is 26.3 Å². The van der Waals surface area contributed by atoms with Crippen LogP contribution in [0.3, 0.4) is 0 Å². The topological polar surface area (TPSA) is 55.8 Å². The lowest BCUT2D eigenvalue weighted by atomic mass is 10.2. The van der Waals surface area contributed by atoms with Crippen LogP contribution in [0.5, 0.6) is 0 Å². The third-order valence-corrected chi connectivity index (χ3v) is 3.29. The Bertz CT molecular complexity index is 516.